The molecule has 0 aliphatic heterocycles. The first kappa shape index (κ1) is 13.2. The van der Waals surface area contributed by atoms with Crippen LogP contribution in [0.15, 0.2) is 36.7 Å². The molecule has 1 aromatic heterocycles. The Labute approximate surface area is 119 Å². The predicted octanol–water partition coefficient (Wildman–Crippen LogP) is 3.34. The minimum Gasteiger partial charge on any atom is -0.454 e. The van der Waals surface area contributed by atoms with Gasteiger partial charge in [0.25, 0.3) is 0 Å². The Kier molecular flexibility index (Phi) is 4.02. The Balaban J connectivity index is 1.55. The maximum atomic E-state index is 5.79. The zero-order valence-corrected chi connectivity index (χ0v) is 11.9. The van der Waals surface area contributed by atoms with Gasteiger partial charge in [-0.25, -0.2) is 0 Å². The Morgan fingerprint density at radius 2 is 2.05 bits per heavy atom. The second-order valence-electron chi connectivity index (χ2n) is 5.34. The van der Waals surface area contributed by atoms with Gasteiger partial charge in [-0.2, -0.15) is 5.10 Å². The third kappa shape index (κ3) is 3.61. The predicted molar refractivity (Wildman–Crippen MR) is 78.9 cm³/mol. The van der Waals surface area contributed by atoms with Crippen LogP contribution in [-0.4, -0.2) is 15.8 Å². The summed E-state index contributed by atoms with van der Waals surface area (Å²) < 4.78 is 7.70. The number of nitrogens with zero attached hydrogens (tertiary/aromatic N) is 2. The quantitative estimate of drug-likeness (QED) is 0.839. The van der Waals surface area contributed by atoms with Crippen molar-refractivity contribution in [2.45, 2.75) is 45.3 Å². The van der Waals surface area contributed by atoms with Gasteiger partial charge in [0.2, 0.25) is 0 Å². The van der Waals surface area contributed by atoms with Gasteiger partial charge in [0.1, 0.15) is 5.75 Å². The molecule has 1 fully saturated rings. The number of nitrogens with one attached hydrogen (secondary N) is 1. The van der Waals surface area contributed by atoms with Gasteiger partial charge in [0.15, 0.2) is 5.75 Å². The van der Waals surface area contributed by atoms with Gasteiger partial charge in [0, 0.05) is 19.1 Å². The normalized spacial score (nSPS) is 14.4. The van der Waals surface area contributed by atoms with E-state index in [1.807, 2.05) is 23.0 Å². The molecule has 2 aromatic rings. The first-order chi connectivity index (χ1) is 9.83. The van der Waals surface area contributed by atoms with Crippen molar-refractivity contribution in [2.75, 3.05) is 0 Å². The maximum Gasteiger partial charge on any atom is 0.165 e. The van der Waals surface area contributed by atoms with E-state index in [0.717, 1.165) is 37.1 Å². The third-order valence-corrected chi connectivity index (χ3v) is 3.39. The summed E-state index contributed by atoms with van der Waals surface area (Å²) in [4.78, 5) is 0. The highest BCUT2D eigenvalue weighted by Gasteiger charge is 2.19. The molecule has 20 heavy (non-hydrogen) atoms. The molecule has 3 rings (SSSR count). The molecular weight excluding hydrogens is 250 g/mol. The van der Waals surface area contributed by atoms with Crippen molar-refractivity contribution in [1.29, 1.82) is 0 Å². The van der Waals surface area contributed by atoms with E-state index in [-0.39, 0.29) is 0 Å². The lowest BCUT2D eigenvalue weighted by atomic mass is 10.2. The maximum absolute atomic E-state index is 5.79. The molecule has 1 aromatic carbocycles. The van der Waals surface area contributed by atoms with Crippen molar-refractivity contribution in [3.63, 3.8) is 0 Å². The summed E-state index contributed by atoms with van der Waals surface area (Å²) in [6.07, 6.45) is 7.42. The number of hydrogen-bond acceptors (Lipinski definition) is 3. The van der Waals surface area contributed by atoms with Gasteiger partial charge < -0.3 is 10.1 Å². The lowest BCUT2D eigenvalue weighted by Gasteiger charge is -2.05. The van der Waals surface area contributed by atoms with Gasteiger partial charge in [-0.1, -0.05) is 19.1 Å². The van der Waals surface area contributed by atoms with Crippen LogP contribution in [0.2, 0.25) is 0 Å². The average Bonchev–Trinajstić information content (AvgIpc) is 3.19. The van der Waals surface area contributed by atoms with Crippen molar-refractivity contribution in [3.8, 4) is 11.5 Å². The van der Waals surface area contributed by atoms with Crippen molar-refractivity contribution in [1.82, 2.24) is 15.1 Å². The van der Waals surface area contributed by atoms with Crippen LogP contribution in [0, 0.1) is 0 Å². The monoisotopic (exact) mass is 271 g/mol. The summed E-state index contributed by atoms with van der Waals surface area (Å²) in [6.45, 7) is 4.01. The molecule has 0 saturated heterocycles. The van der Waals surface area contributed by atoms with Crippen molar-refractivity contribution in [3.05, 3.63) is 42.2 Å². The second kappa shape index (κ2) is 6.09. The molecule has 0 unspecified atom stereocenters. The zero-order chi connectivity index (χ0) is 13.8. The Hall–Kier alpha value is -1.81. The summed E-state index contributed by atoms with van der Waals surface area (Å²) in [7, 11) is 0. The highest BCUT2D eigenvalue weighted by molar-refractivity contribution is 5.31. The van der Waals surface area contributed by atoms with E-state index in [2.05, 4.69) is 29.5 Å². The molecule has 0 atom stereocenters. The molecule has 0 radical (unpaired) electrons. The smallest absolute Gasteiger partial charge is 0.165 e. The van der Waals surface area contributed by atoms with E-state index in [4.69, 9.17) is 4.74 Å². The van der Waals surface area contributed by atoms with Gasteiger partial charge >= 0.3 is 0 Å². The number of ether oxygens (including phenoxy) is 1. The molecule has 4 heteroatoms. The fourth-order valence-corrected chi connectivity index (χ4v) is 2.11. The fraction of sp³-hybridized carbons (Fsp3) is 0.438. The van der Waals surface area contributed by atoms with E-state index < -0.39 is 0 Å². The summed E-state index contributed by atoms with van der Waals surface area (Å²) in [5, 5.41) is 7.76. The van der Waals surface area contributed by atoms with Crippen LogP contribution in [0.5, 0.6) is 11.5 Å². The topological polar surface area (TPSA) is 39.1 Å². The molecule has 0 amide bonds. The van der Waals surface area contributed by atoms with Crippen LogP contribution in [0.4, 0.5) is 0 Å². The van der Waals surface area contributed by atoms with Crippen LogP contribution in [-0.2, 0) is 13.1 Å². The standard InChI is InChI=1S/C16H21N3O/c1-2-9-19-12-16(11-18-19)20-15-7-3-13(4-8-15)10-17-14-5-6-14/h3-4,7-8,11-12,14,17H,2,5-6,9-10H2,1H3. The Bertz CT molecular complexity index is 543. The molecule has 1 saturated carbocycles. The summed E-state index contributed by atoms with van der Waals surface area (Å²) in [5.74, 6) is 1.65. The number of hydrogen-bond donors (Lipinski definition) is 1. The van der Waals surface area contributed by atoms with Crippen LogP contribution in [0.25, 0.3) is 0 Å². The minimum absolute atomic E-state index is 0.746. The van der Waals surface area contributed by atoms with E-state index in [1.165, 1.54) is 18.4 Å². The molecule has 1 aliphatic carbocycles. The Morgan fingerprint density at radius 1 is 1.25 bits per heavy atom. The fourth-order valence-electron chi connectivity index (χ4n) is 2.11. The number of aryl methyl sites for hydroxylation is 1. The summed E-state index contributed by atoms with van der Waals surface area (Å²) in [6, 6.07) is 9.00. The van der Waals surface area contributed by atoms with Crippen LogP contribution in [0.1, 0.15) is 31.7 Å². The first-order valence-corrected chi connectivity index (χ1v) is 7.36. The van der Waals surface area contributed by atoms with Gasteiger partial charge in [-0.05, 0) is 37.0 Å². The number of aromatic nitrogens is 2. The van der Waals surface area contributed by atoms with Crippen LogP contribution >= 0.6 is 0 Å². The summed E-state index contributed by atoms with van der Waals surface area (Å²) >= 11 is 0. The van der Waals surface area contributed by atoms with E-state index >= 15 is 0 Å². The SMILES string of the molecule is CCCn1cc(Oc2ccc(CNC3CC3)cc2)cn1. The van der Waals surface area contributed by atoms with E-state index in [1.54, 1.807) is 6.20 Å². The lowest BCUT2D eigenvalue weighted by Crippen LogP contribution is -2.14. The highest BCUT2D eigenvalue weighted by atomic mass is 16.5. The number of benzene rings is 1. The summed E-state index contributed by atoms with van der Waals surface area (Å²) in [5.41, 5.74) is 1.30. The number of rotatable bonds is 7. The van der Waals surface area contributed by atoms with Gasteiger partial charge in [-0.15, -0.1) is 0 Å². The van der Waals surface area contributed by atoms with Gasteiger partial charge in [0.05, 0.1) is 12.4 Å². The third-order valence-electron chi connectivity index (χ3n) is 3.39. The van der Waals surface area contributed by atoms with E-state index in [9.17, 15) is 0 Å². The van der Waals surface area contributed by atoms with Crippen molar-refractivity contribution in [2.24, 2.45) is 0 Å². The molecule has 1 N–H and O–H groups in total. The largest absolute Gasteiger partial charge is 0.454 e. The minimum atomic E-state index is 0.746. The van der Waals surface area contributed by atoms with Crippen LogP contribution in [0.3, 0.4) is 0 Å². The molecule has 106 valence electrons. The molecule has 1 aliphatic rings. The average molecular weight is 271 g/mol. The Morgan fingerprint density at radius 3 is 2.75 bits per heavy atom. The highest BCUT2D eigenvalue weighted by Crippen LogP contribution is 2.22. The second-order valence-corrected chi connectivity index (χ2v) is 5.34. The van der Waals surface area contributed by atoms with Gasteiger partial charge in [-0.3, -0.25) is 4.68 Å². The van der Waals surface area contributed by atoms with E-state index in [0.29, 0.717) is 0 Å². The lowest BCUT2D eigenvalue weighted by molar-refractivity contribution is 0.480. The van der Waals surface area contributed by atoms with Crippen molar-refractivity contribution < 1.29 is 4.74 Å². The first-order valence-electron chi connectivity index (χ1n) is 7.36. The van der Waals surface area contributed by atoms with Crippen LogP contribution < -0.4 is 10.1 Å². The molecular formula is C16H21N3O. The van der Waals surface area contributed by atoms with Crippen molar-refractivity contribution >= 4 is 0 Å². The molecule has 1 heterocycles. The molecule has 0 spiro atoms. The molecule has 0 bridgehead atoms. The molecule has 4 nitrogen and oxygen atoms in total. The zero-order valence-electron chi connectivity index (χ0n) is 11.9.